The fraction of sp³-hybridized carbons (Fsp3) is 0.207. The van der Waals surface area contributed by atoms with Crippen LogP contribution in [-0.2, 0) is 9.59 Å². The quantitative estimate of drug-likeness (QED) is 0.184. The third-order valence-corrected chi connectivity index (χ3v) is 7.22. The molecule has 5 rings (SSSR count). The Kier molecular flexibility index (Phi) is 6.67. The number of ketones is 1. The summed E-state index contributed by atoms with van der Waals surface area (Å²) in [7, 11) is 1.58. The Labute approximate surface area is 218 Å². The third-order valence-electron chi connectivity index (χ3n) is 6.21. The average molecular weight is 515 g/mol. The predicted molar refractivity (Wildman–Crippen MR) is 144 cm³/mol. The molecule has 1 atom stereocenters. The lowest BCUT2D eigenvalue weighted by Gasteiger charge is -2.23. The maximum atomic E-state index is 13.5. The summed E-state index contributed by atoms with van der Waals surface area (Å²) in [5.74, 6) is -0.450. The van der Waals surface area contributed by atoms with E-state index < -0.39 is 17.7 Å². The molecule has 0 radical (unpaired) electrons. The second kappa shape index (κ2) is 10.1. The Morgan fingerprint density at radius 3 is 2.57 bits per heavy atom. The molecule has 1 amide bonds. The Bertz CT molecular complexity index is 1520. The number of thiazole rings is 1. The standard InChI is InChI=1S/C29H26N2O5S/c1-4-14-36-21-7-5-6-19(15-21)25-24(26(32)18-10-8-17(2)9-11-18)27(33)28(34)31(25)29-30-22-13-12-20(35-3)16-23(22)37-29/h5-13,15-16,25,32H,4,14H2,1-3H3/b26-24+/t25-/m1/s1. The lowest BCUT2D eigenvalue weighted by molar-refractivity contribution is -0.132. The van der Waals surface area contributed by atoms with Crippen LogP contribution in [0.3, 0.4) is 0 Å². The number of hydrogen-bond donors (Lipinski definition) is 1. The fourth-order valence-electron chi connectivity index (χ4n) is 4.33. The van der Waals surface area contributed by atoms with E-state index in [4.69, 9.17) is 9.47 Å². The number of carbonyl (C=O) groups is 2. The predicted octanol–water partition coefficient (Wildman–Crippen LogP) is 6.03. The third kappa shape index (κ3) is 4.56. The van der Waals surface area contributed by atoms with Crippen molar-refractivity contribution in [2.75, 3.05) is 18.6 Å². The van der Waals surface area contributed by atoms with Gasteiger partial charge in [-0.3, -0.25) is 14.5 Å². The van der Waals surface area contributed by atoms with Crippen molar-refractivity contribution in [3.8, 4) is 11.5 Å². The van der Waals surface area contributed by atoms with Crippen LogP contribution < -0.4 is 14.4 Å². The Balaban J connectivity index is 1.69. The van der Waals surface area contributed by atoms with Crippen LogP contribution in [0.5, 0.6) is 11.5 Å². The van der Waals surface area contributed by atoms with Crippen LogP contribution in [0.25, 0.3) is 16.0 Å². The number of benzene rings is 3. The van der Waals surface area contributed by atoms with Crippen LogP contribution in [0, 0.1) is 6.92 Å². The van der Waals surface area contributed by atoms with E-state index in [2.05, 4.69) is 4.98 Å². The number of nitrogens with zero attached hydrogens (tertiary/aromatic N) is 2. The van der Waals surface area contributed by atoms with Gasteiger partial charge < -0.3 is 14.6 Å². The first-order valence-corrected chi connectivity index (χ1v) is 12.8. The molecule has 0 bridgehead atoms. The van der Waals surface area contributed by atoms with Crippen LogP contribution in [0.4, 0.5) is 5.13 Å². The number of aliphatic hydroxyl groups is 1. The van der Waals surface area contributed by atoms with Crippen LogP contribution in [0.1, 0.15) is 36.1 Å². The smallest absolute Gasteiger partial charge is 0.301 e. The number of ether oxygens (including phenoxy) is 2. The van der Waals surface area contributed by atoms with Crippen molar-refractivity contribution in [2.24, 2.45) is 0 Å². The molecule has 7 nitrogen and oxygen atoms in total. The average Bonchev–Trinajstić information content (AvgIpc) is 3.45. The highest BCUT2D eigenvalue weighted by Gasteiger charge is 2.48. The number of Topliss-reactive ketones (excluding diaryl/α,β-unsaturated/α-hetero) is 1. The fourth-order valence-corrected chi connectivity index (χ4v) is 5.35. The van der Waals surface area contributed by atoms with E-state index in [0.717, 1.165) is 16.7 Å². The van der Waals surface area contributed by atoms with Gasteiger partial charge in [-0.1, -0.05) is 60.2 Å². The second-order valence-corrected chi connectivity index (χ2v) is 9.80. The summed E-state index contributed by atoms with van der Waals surface area (Å²) in [6.45, 7) is 4.49. The van der Waals surface area contributed by atoms with Crippen molar-refractivity contribution >= 4 is 44.1 Å². The monoisotopic (exact) mass is 514 g/mol. The summed E-state index contributed by atoms with van der Waals surface area (Å²) in [6, 6.07) is 19.0. The second-order valence-electron chi connectivity index (χ2n) is 8.79. The molecular formula is C29H26N2O5S. The van der Waals surface area contributed by atoms with Gasteiger partial charge in [0.05, 0.1) is 35.5 Å². The molecule has 0 aliphatic carbocycles. The number of hydrogen-bond acceptors (Lipinski definition) is 7. The van der Waals surface area contributed by atoms with Gasteiger partial charge in [-0.2, -0.15) is 0 Å². The number of amides is 1. The first-order chi connectivity index (χ1) is 17.9. The van der Waals surface area contributed by atoms with Crippen LogP contribution >= 0.6 is 11.3 Å². The molecule has 3 aromatic carbocycles. The van der Waals surface area contributed by atoms with Gasteiger partial charge in [0.2, 0.25) is 0 Å². The molecule has 0 spiro atoms. The van der Waals surface area contributed by atoms with Crippen molar-refractivity contribution in [2.45, 2.75) is 26.3 Å². The highest BCUT2D eigenvalue weighted by atomic mass is 32.1. The molecule has 0 unspecified atom stereocenters. The van der Waals surface area contributed by atoms with Crippen molar-refractivity contribution in [3.63, 3.8) is 0 Å². The number of methoxy groups -OCH3 is 1. The zero-order valence-corrected chi connectivity index (χ0v) is 21.5. The number of aryl methyl sites for hydroxylation is 1. The topological polar surface area (TPSA) is 89.0 Å². The molecule has 8 heteroatoms. The zero-order chi connectivity index (χ0) is 26.1. The maximum Gasteiger partial charge on any atom is 0.301 e. The summed E-state index contributed by atoms with van der Waals surface area (Å²) in [6.07, 6.45) is 0.839. The highest BCUT2D eigenvalue weighted by Crippen LogP contribution is 2.45. The van der Waals surface area contributed by atoms with Gasteiger partial charge in [0.25, 0.3) is 5.78 Å². The van der Waals surface area contributed by atoms with Gasteiger partial charge in [0, 0.05) is 5.56 Å². The molecule has 188 valence electrons. The molecule has 0 saturated carbocycles. The molecule has 1 saturated heterocycles. The van der Waals surface area contributed by atoms with Crippen molar-refractivity contribution in [3.05, 3.63) is 89.0 Å². The zero-order valence-electron chi connectivity index (χ0n) is 20.7. The minimum Gasteiger partial charge on any atom is -0.507 e. The molecule has 1 N–H and O–H groups in total. The van der Waals surface area contributed by atoms with Crippen molar-refractivity contribution < 1.29 is 24.2 Å². The van der Waals surface area contributed by atoms with Crippen molar-refractivity contribution in [1.29, 1.82) is 0 Å². The molecule has 37 heavy (non-hydrogen) atoms. The summed E-state index contributed by atoms with van der Waals surface area (Å²) in [5.41, 5.74) is 2.80. The van der Waals surface area contributed by atoms with E-state index in [9.17, 15) is 14.7 Å². The van der Waals surface area contributed by atoms with Crippen molar-refractivity contribution in [1.82, 2.24) is 4.98 Å². The SMILES string of the molecule is CCCOc1cccc([C@@H]2/C(=C(\O)c3ccc(C)cc3)C(=O)C(=O)N2c2nc3ccc(OC)cc3s2)c1. The Morgan fingerprint density at radius 1 is 1.05 bits per heavy atom. The lowest BCUT2D eigenvalue weighted by atomic mass is 9.95. The van der Waals surface area contributed by atoms with Gasteiger partial charge in [-0.15, -0.1) is 0 Å². The van der Waals surface area contributed by atoms with E-state index in [1.165, 1.54) is 16.2 Å². The van der Waals surface area contributed by atoms with Gasteiger partial charge in [-0.05, 0) is 49.2 Å². The minimum absolute atomic E-state index is 0.0123. The van der Waals surface area contributed by atoms with Gasteiger partial charge >= 0.3 is 5.91 Å². The Morgan fingerprint density at radius 2 is 1.84 bits per heavy atom. The van der Waals surface area contributed by atoms with Crippen LogP contribution in [-0.4, -0.2) is 35.5 Å². The minimum atomic E-state index is -0.881. The van der Waals surface area contributed by atoms with E-state index >= 15 is 0 Å². The number of carbonyl (C=O) groups excluding carboxylic acids is 2. The molecular weight excluding hydrogens is 488 g/mol. The van der Waals surface area contributed by atoms with Gasteiger partial charge in [0.1, 0.15) is 17.3 Å². The summed E-state index contributed by atoms with van der Waals surface area (Å²) < 4.78 is 12.0. The van der Waals surface area contributed by atoms with E-state index in [1.54, 1.807) is 31.4 Å². The van der Waals surface area contributed by atoms with Crippen LogP contribution in [0.2, 0.25) is 0 Å². The maximum absolute atomic E-state index is 13.5. The first kappa shape index (κ1) is 24.5. The number of fused-ring (bicyclic) bond motifs is 1. The first-order valence-electron chi connectivity index (χ1n) is 12.0. The molecule has 1 aliphatic rings. The molecule has 2 heterocycles. The molecule has 1 aromatic heterocycles. The normalized spacial score (nSPS) is 16.9. The van der Waals surface area contributed by atoms with Crippen LogP contribution in [0.15, 0.2) is 72.3 Å². The van der Waals surface area contributed by atoms with Gasteiger partial charge in [-0.25, -0.2) is 4.98 Å². The molecule has 1 aliphatic heterocycles. The highest BCUT2D eigenvalue weighted by molar-refractivity contribution is 7.22. The molecule has 1 fully saturated rings. The number of anilines is 1. The number of rotatable bonds is 7. The lowest BCUT2D eigenvalue weighted by Crippen LogP contribution is -2.29. The van der Waals surface area contributed by atoms with E-state index in [1.807, 2.05) is 56.3 Å². The largest absolute Gasteiger partial charge is 0.507 e. The number of aromatic nitrogens is 1. The Hall–Kier alpha value is -4.17. The summed E-state index contributed by atoms with van der Waals surface area (Å²) in [5, 5.41) is 11.7. The van der Waals surface area contributed by atoms with E-state index in [0.29, 0.717) is 39.9 Å². The van der Waals surface area contributed by atoms with E-state index in [-0.39, 0.29) is 11.3 Å². The molecule has 4 aromatic rings. The van der Waals surface area contributed by atoms with Gasteiger partial charge in [0.15, 0.2) is 5.13 Å². The summed E-state index contributed by atoms with van der Waals surface area (Å²) in [4.78, 5) is 33.0. The summed E-state index contributed by atoms with van der Waals surface area (Å²) >= 11 is 1.28. The number of aliphatic hydroxyl groups excluding tert-OH is 1.